The number of nitrogens with zero attached hydrogens (tertiary/aromatic N) is 1. The maximum Gasteiger partial charge on any atom is 0.127 e. The lowest BCUT2D eigenvalue weighted by Crippen LogP contribution is -2.10. The summed E-state index contributed by atoms with van der Waals surface area (Å²) < 4.78 is 5.62. The van der Waals surface area contributed by atoms with Crippen LogP contribution in [-0.4, -0.2) is 13.3 Å². The van der Waals surface area contributed by atoms with Crippen LogP contribution in [0.2, 0.25) is 0 Å². The molecule has 0 fully saturated rings. The van der Waals surface area contributed by atoms with Crippen molar-refractivity contribution in [2.75, 3.05) is 6.61 Å². The summed E-state index contributed by atoms with van der Waals surface area (Å²) in [6.45, 7) is 4.99. The molecule has 0 saturated carbocycles. The molecule has 0 spiro atoms. The minimum Gasteiger partial charge on any atom is -0.493 e. The van der Waals surface area contributed by atoms with Crippen molar-refractivity contribution in [2.24, 2.45) is 4.99 Å². The molecule has 0 N–H and O–H groups in total. The van der Waals surface area contributed by atoms with Crippen LogP contribution < -0.4 is 4.74 Å². The Kier molecular flexibility index (Phi) is 2.30. The highest BCUT2D eigenvalue weighted by Crippen LogP contribution is 2.29. The molecular weight excluding hydrogens is 162 g/mol. The van der Waals surface area contributed by atoms with Gasteiger partial charge in [0.25, 0.3) is 0 Å². The fourth-order valence-corrected chi connectivity index (χ4v) is 1.70. The van der Waals surface area contributed by atoms with Gasteiger partial charge >= 0.3 is 0 Å². The third-order valence-corrected chi connectivity index (χ3v) is 2.30. The minimum atomic E-state index is 0.656. The molecule has 0 bridgehead atoms. The van der Waals surface area contributed by atoms with Gasteiger partial charge in [0.1, 0.15) is 5.75 Å². The Morgan fingerprint density at radius 1 is 1.46 bits per heavy atom. The van der Waals surface area contributed by atoms with E-state index in [4.69, 9.17) is 4.74 Å². The van der Waals surface area contributed by atoms with E-state index in [0.29, 0.717) is 6.54 Å². The van der Waals surface area contributed by atoms with Crippen LogP contribution >= 0.6 is 0 Å². The predicted molar refractivity (Wildman–Crippen MR) is 53.5 cm³/mol. The van der Waals surface area contributed by atoms with Gasteiger partial charge < -0.3 is 4.74 Å². The van der Waals surface area contributed by atoms with Crippen LogP contribution in [0, 0.1) is 0 Å². The number of aryl methyl sites for hydroxylation is 1. The van der Waals surface area contributed by atoms with Crippen molar-refractivity contribution in [1.29, 1.82) is 0 Å². The van der Waals surface area contributed by atoms with E-state index in [1.165, 1.54) is 5.56 Å². The Morgan fingerprint density at radius 2 is 2.38 bits per heavy atom. The third kappa shape index (κ3) is 1.57. The number of benzene rings is 1. The highest BCUT2D eigenvalue weighted by Gasteiger charge is 2.12. The molecule has 0 aromatic heterocycles. The SMILES string of the molecule is C=NCc1cccc2c1OCCC2. The number of rotatable bonds is 2. The second kappa shape index (κ2) is 3.60. The lowest BCUT2D eigenvalue weighted by Gasteiger charge is -2.19. The van der Waals surface area contributed by atoms with E-state index in [9.17, 15) is 0 Å². The summed E-state index contributed by atoms with van der Waals surface area (Å²) in [7, 11) is 0. The Morgan fingerprint density at radius 3 is 3.23 bits per heavy atom. The van der Waals surface area contributed by atoms with Crippen LogP contribution in [-0.2, 0) is 13.0 Å². The van der Waals surface area contributed by atoms with Crippen molar-refractivity contribution in [2.45, 2.75) is 19.4 Å². The smallest absolute Gasteiger partial charge is 0.127 e. The average molecular weight is 175 g/mol. The van der Waals surface area contributed by atoms with E-state index in [2.05, 4.69) is 29.9 Å². The largest absolute Gasteiger partial charge is 0.493 e. The number of aliphatic imine (C=N–C) groups is 1. The Labute approximate surface area is 78.3 Å². The van der Waals surface area contributed by atoms with E-state index in [0.717, 1.165) is 30.8 Å². The van der Waals surface area contributed by atoms with Gasteiger partial charge in [-0.3, -0.25) is 4.99 Å². The van der Waals surface area contributed by atoms with Gasteiger partial charge in [-0.05, 0) is 25.1 Å². The standard InChI is InChI=1S/C11H13NO/c1-12-8-10-5-2-4-9-6-3-7-13-11(9)10/h2,4-5H,1,3,6-8H2. The molecule has 1 aromatic rings. The average Bonchev–Trinajstić information content (AvgIpc) is 2.19. The summed E-state index contributed by atoms with van der Waals surface area (Å²) in [5.74, 6) is 1.04. The van der Waals surface area contributed by atoms with Crippen molar-refractivity contribution in [3.05, 3.63) is 29.3 Å². The van der Waals surface area contributed by atoms with Gasteiger partial charge in [0.05, 0.1) is 13.2 Å². The zero-order chi connectivity index (χ0) is 9.10. The van der Waals surface area contributed by atoms with Gasteiger partial charge in [-0.15, -0.1) is 0 Å². The number of fused-ring (bicyclic) bond motifs is 1. The molecule has 0 radical (unpaired) electrons. The molecule has 1 heterocycles. The van der Waals surface area contributed by atoms with E-state index >= 15 is 0 Å². The first kappa shape index (κ1) is 8.30. The summed E-state index contributed by atoms with van der Waals surface area (Å²) in [6.07, 6.45) is 2.25. The maximum atomic E-state index is 5.62. The minimum absolute atomic E-state index is 0.656. The molecule has 2 rings (SSSR count). The molecule has 68 valence electrons. The maximum absolute atomic E-state index is 5.62. The van der Waals surface area contributed by atoms with Gasteiger partial charge in [-0.1, -0.05) is 18.2 Å². The lowest BCUT2D eigenvalue weighted by atomic mass is 10.0. The normalized spacial score (nSPS) is 14.5. The number of ether oxygens (including phenoxy) is 1. The molecular formula is C11H13NO. The molecule has 13 heavy (non-hydrogen) atoms. The molecule has 0 unspecified atom stereocenters. The van der Waals surface area contributed by atoms with Gasteiger partial charge in [0, 0.05) is 5.56 Å². The molecule has 0 atom stereocenters. The molecule has 1 aromatic carbocycles. The Bertz CT molecular complexity index is 320. The summed E-state index contributed by atoms with van der Waals surface area (Å²) in [6, 6.07) is 6.24. The van der Waals surface area contributed by atoms with Crippen molar-refractivity contribution in [3.63, 3.8) is 0 Å². The summed E-state index contributed by atoms with van der Waals surface area (Å²) in [5.41, 5.74) is 2.47. The molecule has 1 aliphatic heterocycles. The molecule has 2 nitrogen and oxygen atoms in total. The number of hydrogen-bond acceptors (Lipinski definition) is 2. The Balaban J connectivity index is 2.39. The monoisotopic (exact) mass is 175 g/mol. The summed E-state index contributed by atoms with van der Waals surface area (Å²) >= 11 is 0. The fourth-order valence-electron chi connectivity index (χ4n) is 1.70. The van der Waals surface area contributed by atoms with Crippen molar-refractivity contribution in [1.82, 2.24) is 0 Å². The highest BCUT2D eigenvalue weighted by molar-refractivity contribution is 5.43. The van der Waals surface area contributed by atoms with Crippen molar-refractivity contribution < 1.29 is 4.74 Å². The molecule has 0 amide bonds. The van der Waals surface area contributed by atoms with E-state index in [-0.39, 0.29) is 0 Å². The molecule has 1 aliphatic rings. The van der Waals surface area contributed by atoms with Crippen LogP contribution in [0.25, 0.3) is 0 Å². The van der Waals surface area contributed by atoms with Crippen LogP contribution in [0.5, 0.6) is 5.75 Å². The van der Waals surface area contributed by atoms with Crippen LogP contribution in [0.1, 0.15) is 17.5 Å². The second-order valence-electron chi connectivity index (χ2n) is 3.24. The van der Waals surface area contributed by atoms with Gasteiger partial charge in [-0.2, -0.15) is 0 Å². The van der Waals surface area contributed by atoms with Crippen molar-refractivity contribution in [3.8, 4) is 5.75 Å². The first-order valence-electron chi connectivity index (χ1n) is 4.58. The second-order valence-corrected chi connectivity index (χ2v) is 3.24. The molecule has 0 saturated heterocycles. The zero-order valence-electron chi connectivity index (χ0n) is 7.62. The van der Waals surface area contributed by atoms with E-state index < -0.39 is 0 Å². The van der Waals surface area contributed by atoms with E-state index in [1.54, 1.807) is 0 Å². The van der Waals surface area contributed by atoms with Crippen LogP contribution in [0.4, 0.5) is 0 Å². The first-order chi connectivity index (χ1) is 6.42. The quantitative estimate of drug-likeness (QED) is 0.631. The number of para-hydroxylation sites is 1. The summed E-state index contributed by atoms with van der Waals surface area (Å²) in [5, 5.41) is 0. The Hall–Kier alpha value is -1.31. The van der Waals surface area contributed by atoms with Crippen molar-refractivity contribution >= 4 is 6.72 Å². The molecule has 2 heteroatoms. The lowest BCUT2D eigenvalue weighted by molar-refractivity contribution is 0.285. The topological polar surface area (TPSA) is 21.6 Å². The first-order valence-corrected chi connectivity index (χ1v) is 4.58. The highest BCUT2D eigenvalue weighted by atomic mass is 16.5. The fraction of sp³-hybridized carbons (Fsp3) is 0.364. The summed E-state index contributed by atoms with van der Waals surface area (Å²) in [4.78, 5) is 3.88. The molecule has 0 aliphatic carbocycles. The predicted octanol–water partition coefficient (Wildman–Crippen LogP) is 2.21. The third-order valence-electron chi connectivity index (χ3n) is 2.30. The van der Waals surface area contributed by atoms with Gasteiger partial charge in [0.2, 0.25) is 0 Å². The number of hydrogen-bond donors (Lipinski definition) is 0. The van der Waals surface area contributed by atoms with Gasteiger partial charge in [-0.25, -0.2) is 0 Å². The van der Waals surface area contributed by atoms with E-state index in [1.807, 2.05) is 0 Å². The van der Waals surface area contributed by atoms with Crippen LogP contribution in [0.15, 0.2) is 23.2 Å². The van der Waals surface area contributed by atoms with Gasteiger partial charge in [0.15, 0.2) is 0 Å². The van der Waals surface area contributed by atoms with Crippen LogP contribution in [0.3, 0.4) is 0 Å². The zero-order valence-corrected chi connectivity index (χ0v) is 7.62.